The molecule has 1 heterocycles. The summed E-state index contributed by atoms with van der Waals surface area (Å²) >= 11 is 0. The van der Waals surface area contributed by atoms with E-state index in [0.29, 0.717) is 5.82 Å². The third-order valence-corrected chi connectivity index (χ3v) is 5.92. The van der Waals surface area contributed by atoms with Gasteiger partial charge in [0, 0.05) is 17.7 Å². The second-order valence-electron chi connectivity index (χ2n) is 6.86. The molecule has 0 aliphatic heterocycles. The van der Waals surface area contributed by atoms with Crippen molar-refractivity contribution in [3.8, 4) is 11.4 Å². The van der Waals surface area contributed by atoms with E-state index >= 15 is 0 Å². The van der Waals surface area contributed by atoms with Crippen molar-refractivity contribution < 1.29 is 27.4 Å². The Balaban J connectivity index is 1.49. The van der Waals surface area contributed by atoms with Crippen LogP contribution in [0.4, 0.5) is 11.4 Å². The summed E-state index contributed by atoms with van der Waals surface area (Å²) in [6.45, 7) is -0.329. The van der Waals surface area contributed by atoms with Crippen LogP contribution in [-0.4, -0.2) is 29.5 Å². The van der Waals surface area contributed by atoms with Gasteiger partial charge in [-0.25, -0.2) is 13.2 Å². The van der Waals surface area contributed by atoms with E-state index in [1.807, 2.05) is 18.2 Å². The Morgan fingerprint density at radius 2 is 1.76 bits per heavy atom. The zero-order valence-corrected chi connectivity index (χ0v) is 18.1. The minimum Gasteiger partial charge on any atom is -0.452 e. The minimum atomic E-state index is -4.22. The molecule has 1 aromatic heterocycles. The Bertz CT molecular complexity index is 1450. The topological polar surface area (TPSA) is 155 Å². The molecule has 11 nitrogen and oxygen atoms in total. The normalized spacial score (nSPS) is 11.1. The predicted octanol–water partition coefficient (Wildman–Crippen LogP) is 3.80. The molecule has 0 unspecified atom stereocenters. The van der Waals surface area contributed by atoms with E-state index in [1.54, 1.807) is 12.1 Å². The van der Waals surface area contributed by atoms with Gasteiger partial charge in [-0.1, -0.05) is 53.7 Å². The molecule has 0 fully saturated rings. The van der Waals surface area contributed by atoms with Gasteiger partial charge in [0.2, 0.25) is 5.82 Å². The van der Waals surface area contributed by atoms with Gasteiger partial charge < -0.3 is 9.26 Å². The molecule has 0 saturated heterocycles. The van der Waals surface area contributed by atoms with Crippen molar-refractivity contribution in [1.29, 1.82) is 0 Å². The van der Waals surface area contributed by atoms with Crippen molar-refractivity contribution >= 4 is 27.4 Å². The third-order valence-electron chi connectivity index (χ3n) is 4.56. The van der Waals surface area contributed by atoms with E-state index in [9.17, 15) is 23.3 Å². The average molecular weight is 480 g/mol. The van der Waals surface area contributed by atoms with Crippen molar-refractivity contribution in [2.24, 2.45) is 0 Å². The van der Waals surface area contributed by atoms with Crippen LogP contribution in [-0.2, 0) is 21.4 Å². The standard InChI is InChI=1S/C22H16N4O7S/c27-22(32-14-20-23-21(24-33-20)15-7-2-1-3-8-15)18-11-4-5-12-19(18)25-34(30,31)17-10-6-9-16(13-17)26(28)29/h1-13,25H,14H2. The summed E-state index contributed by atoms with van der Waals surface area (Å²) in [5.41, 5.74) is 0.212. The van der Waals surface area contributed by atoms with Gasteiger partial charge in [0.05, 0.1) is 21.1 Å². The molecule has 0 radical (unpaired) electrons. The molecule has 0 bridgehead atoms. The second kappa shape index (κ2) is 9.50. The number of nitrogens with zero attached hydrogens (tertiary/aromatic N) is 3. The molecular formula is C22H16N4O7S. The lowest BCUT2D eigenvalue weighted by atomic mass is 10.2. The predicted molar refractivity (Wildman–Crippen MR) is 119 cm³/mol. The lowest BCUT2D eigenvalue weighted by molar-refractivity contribution is -0.385. The number of ether oxygens (including phenoxy) is 1. The molecule has 3 aromatic carbocycles. The number of rotatable bonds is 8. The number of nitro benzene ring substituents is 1. The van der Waals surface area contributed by atoms with E-state index < -0.39 is 20.9 Å². The largest absolute Gasteiger partial charge is 0.452 e. The van der Waals surface area contributed by atoms with E-state index in [1.165, 1.54) is 42.5 Å². The van der Waals surface area contributed by atoms with Gasteiger partial charge in [-0.3, -0.25) is 14.8 Å². The number of para-hydroxylation sites is 1. The molecule has 0 saturated carbocycles. The summed E-state index contributed by atoms with van der Waals surface area (Å²) in [7, 11) is -4.22. The third kappa shape index (κ3) is 5.07. The van der Waals surface area contributed by atoms with Crippen LogP contribution < -0.4 is 4.72 Å². The van der Waals surface area contributed by atoms with Crippen LogP contribution in [0.25, 0.3) is 11.4 Å². The number of aromatic nitrogens is 2. The van der Waals surface area contributed by atoms with Crippen LogP contribution in [0.15, 0.2) is 88.3 Å². The molecular weight excluding hydrogens is 464 g/mol. The molecule has 0 aliphatic rings. The van der Waals surface area contributed by atoms with Crippen molar-refractivity contribution in [2.75, 3.05) is 4.72 Å². The van der Waals surface area contributed by atoms with Crippen LogP contribution in [0.5, 0.6) is 0 Å². The zero-order valence-electron chi connectivity index (χ0n) is 17.3. The highest BCUT2D eigenvalue weighted by molar-refractivity contribution is 7.92. The summed E-state index contributed by atoms with van der Waals surface area (Å²) in [6, 6.07) is 19.4. The molecule has 4 rings (SSSR count). The maximum absolute atomic E-state index is 12.7. The zero-order chi connectivity index (χ0) is 24.1. The highest BCUT2D eigenvalue weighted by Crippen LogP contribution is 2.24. The van der Waals surface area contributed by atoms with Gasteiger partial charge in [-0.2, -0.15) is 4.98 Å². The van der Waals surface area contributed by atoms with E-state index in [4.69, 9.17) is 9.26 Å². The van der Waals surface area contributed by atoms with Gasteiger partial charge in [0.1, 0.15) is 0 Å². The molecule has 34 heavy (non-hydrogen) atoms. The number of sulfonamides is 1. The number of anilines is 1. The first-order valence-corrected chi connectivity index (χ1v) is 11.2. The summed E-state index contributed by atoms with van der Waals surface area (Å²) in [5, 5.41) is 14.8. The molecule has 172 valence electrons. The Hall–Kier alpha value is -4.58. The smallest absolute Gasteiger partial charge is 0.340 e. The second-order valence-corrected chi connectivity index (χ2v) is 8.54. The lowest BCUT2D eigenvalue weighted by Gasteiger charge is -2.12. The first-order valence-electron chi connectivity index (χ1n) is 9.75. The number of nitro groups is 1. The van der Waals surface area contributed by atoms with Crippen LogP contribution in [0.1, 0.15) is 16.2 Å². The Morgan fingerprint density at radius 3 is 2.53 bits per heavy atom. The van der Waals surface area contributed by atoms with E-state index in [-0.39, 0.29) is 34.3 Å². The molecule has 0 amide bonds. The Kier molecular flexibility index (Phi) is 6.32. The monoisotopic (exact) mass is 480 g/mol. The fourth-order valence-electron chi connectivity index (χ4n) is 2.94. The van der Waals surface area contributed by atoms with E-state index in [0.717, 1.165) is 11.6 Å². The first kappa shape index (κ1) is 22.6. The molecule has 4 aromatic rings. The fourth-order valence-corrected chi connectivity index (χ4v) is 4.06. The summed E-state index contributed by atoms with van der Waals surface area (Å²) in [5.74, 6) is -0.449. The van der Waals surface area contributed by atoms with Gasteiger partial charge in [-0.05, 0) is 18.2 Å². The number of hydrogen-bond donors (Lipinski definition) is 1. The van der Waals surface area contributed by atoms with Gasteiger partial charge in [-0.15, -0.1) is 0 Å². The maximum atomic E-state index is 12.7. The van der Waals surface area contributed by atoms with Crippen LogP contribution >= 0.6 is 0 Å². The van der Waals surface area contributed by atoms with Crippen LogP contribution in [0.2, 0.25) is 0 Å². The summed E-state index contributed by atoms with van der Waals surface area (Å²) < 4.78 is 38.1. The van der Waals surface area contributed by atoms with Crippen LogP contribution in [0.3, 0.4) is 0 Å². The van der Waals surface area contributed by atoms with Crippen LogP contribution in [0, 0.1) is 10.1 Å². The molecule has 12 heteroatoms. The number of nitrogens with one attached hydrogen (secondary N) is 1. The number of hydrogen-bond acceptors (Lipinski definition) is 9. The SMILES string of the molecule is O=C(OCc1nc(-c2ccccc2)no1)c1ccccc1NS(=O)(=O)c1cccc([N+](=O)[O-])c1. The fraction of sp³-hybridized carbons (Fsp3) is 0.0455. The van der Waals surface area contributed by atoms with Gasteiger partial charge in [0.25, 0.3) is 21.6 Å². The highest BCUT2D eigenvalue weighted by Gasteiger charge is 2.22. The number of carbonyl (C=O) groups excluding carboxylic acids is 1. The quantitative estimate of drug-likeness (QED) is 0.225. The first-order chi connectivity index (χ1) is 16.3. The minimum absolute atomic E-state index is 0.0573. The van der Waals surface area contributed by atoms with Gasteiger partial charge >= 0.3 is 5.97 Å². The Morgan fingerprint density at radius 1 is 1.03 bits per heavy atom. The van der Waals surface area contributed by atoms with Crippen molar-refractivity contribution in [1.82, 2.24) is 10.1 Å². The number of carbonyl (C=O) groups is 1. The Labute approximate surface area is 193 Å². The lowest BCUT2D eigenvalue weighted by Crippen LogP contribution is -2.16. The highest BCUT2D eigenvalue weighted by atomic mass is 32.2. The number of non-ortho nitro benzene ring substituents is 1. The van der Waals surface area contributed by atoms with E-state index in [2.05, 4.69) is 14.9 Å². The summed E-state index contributed by atoms with van der Waals surface area (Å²) in [6.07, 6.45) is 0. The van der Waals surface area contributed by atoms with Crippen molar-refractivity contribution in [3.63, 3.8) is 0 Å². The molecule has 0 spiro atoms. The number of esters is 1. The summed E-state index contributed by atoms with van der Waals surface area (Å²) in [4.78, 5) is 26.7. The molecule has 0 atom stereocenters. The molecule has 1 N–H and O–H groups in total. The maximum Gasteiger partial charge on any atom is 0.340 e. The van der Waals surface area contributed by atoms with Crippen molar-refractivity contribution in [2.45, 2.75) is 11.5 Å². The van der Waals surface area contributed by atoms with Crippen molar-refractivity contribution in [3.05, 3.63) is 100 Å². The molecule has 0 aliphatic carbocycles. The average Bonchev–Trinajstić information content (AvgIpc) is 3.32. The number of benzene rings is 3. The van der Waals surface area contributed by atoms with Gasteiger partial charge in [0.15, 0.2) is 6.61 Å².